The van der Waals surface area contributed by atoms with Gasteiger partial charge >= 0.3 is 0 Å². The number of hydrazine groups is 1. The van der Waals surface area contributed by atoms with Gasteiger partial charge in [0, 0.05) is 18.9 Å². The van der Waals surface area contributed by atoms with Crippen molar-refractivity contribution in [2.75, 3.05) is 0 Å². The Hall–Kier alpha value is -3.39. The van der Waals surface area contributed by atoms with Gasteiger partial charge in [0.25, 0.3) is 5.91 Å². The van der Waals surface area contributed by atoms with E-state index in [1.165, 1.54) is 12.5 Å². The first-order chi connectivity index (χ1) is 11.8. The van der Waals surface area contributed by atoms with Crippen LogP contribution in [0.3, 0.4) is 0 Å². The van der Waals surface area contributed by atoms with Crippen LogP contribution in [-0.4, -0.2) is 31.9 Å². The Morgan fingerprint density at radius 1 is 1.21 bits per heavy atom. The summed E-state index contributed by atoms with van der Waals surface area (Å²) < 4.78 is 1.62. The maximum Gasteiger partial charge on any atom is 0.276 e. The van der Waals surface area contributed by atoms with Crippen molar-refractivity contribution in [3.05, 3.63) is 67.0 Å². The number of carbonyl (C=O) groups is 1. The van der Waals surface area contributed by atoms with E-state index in [1.54, 1.807) is 29.5 Å². The van der Waals surface area contributed by atoms with Gasteiger partial charge in [0.2, 0.25) is 0 Å². The van der Waals surface area contributed by atoms with Gasteiger partial charge in [-0.3, -0.25) is 20.2 Å². The lowest BCUT2D eigenvalue weighted by atomic mass is 10.3. The molecule has 0 bridgehead atoms. The highest BCUT2D eigenvalue weighted by Crippen LogP contribution is 2.15. The van der Waals surface area contributed by atoms with Crippen LogP contribution in [0.2, 0.25) is 0 Å². The van der Waals surface area contributed by atoms with Crippen molar-refractivity contribution in [1.29, 1.82) is 0 Å². The lowest BCUT2D eigenvalue weighted by molar-refractivity contribution is -0.115. The SMILES string of the molecule is O=C(C=Nc1cccc(-n2cncn2)c1)NNCc1ccncc1. The van der Waals surface area contributed by atoms with Crippen LogP contribution in [0.25, 0.3) is 5.69 Å². The van der Waals surface area contributed by atoms with Gasteiger partial charge in [0.05, 0.1) is 17.6 Å². The number of carbonyl (C=O) groups excluding carboxylic acids is 1. The zero-order valence-corrected chi connectivity index (χ0v) is 12.7. The summed E-state index contributed by atoms with van der Waals surface area (Å²) in [5.74, 6) is -0.338. The van der Waals surface area contributed by atoms with Crippen LogP contribution in [0.15, 0.2) is 66.4 Å². The fraction of sp³-hybridized carbons (Fsp3) is 0.0625. The van der Waals surface area contributed by atoms with Crippen LogP contribution < -0.4 is 10.9 Å². The number of nitrogens with zero attached hydrogens (tertiary/aromatic N) is 5. The van der Waals surface area contributed by atoms with E-state index >= 15 is 0 Å². The van der Waals surface area contributed by atoms with E-state index in [4.69, 9.17) is 0 Å². The Balaban J connectivity index is 1.53. The number of aromatic nitrogens is 4. The van der Waals surface area contributed by atoms with Gasteiger partial charge in [-0.25, -0.2) is 15.1 Å². The topological polar surface area (TPSA) is 97.1 Å². The van der Waals surface area contributed by atoms with Crippen molar-refractivity contribution in [2.45, 2.75) is 6.54 Å². The zero-order chi connectivity index (χ0) is 16.6. The molecule has 0 unspecified atom stereocenters. The molecule has 24 heavy (non-hydrogen) atoms. The van der Waals surface area contributed by atoms with Crippen LogP contribution in [0.5, 0.6) is 0 Å². The average molecular weight is 321 g/mol. The van der Waals surface area contributed by atoms with Crippen molar-refractivity contribution in [1.82, 2.24) is 30.6 Å². The monoisotopic (exact) mass is 321 g/mol. The van der Waals surface area contributed by atoms with Crippen LogP contribution in [0.4, 0.5) is 5.69 Å². The minimum Gasteiger partial charge on any atom is -0.286 e. The Morgan fingerprint density at radius 3 is 2.88 bits per heavy atom. The third-order valence-electron chi connectivity index (χ3n) is 3.10. The predicted molar refractivity (Wildman–Crippen MR) is 88.7 cm³/mol. The van der Waals surface area contributed by atoms with E-state index < -0.39 is 0 Å². The summed E-state index contributed by atoms with van der Waals surface area (Å²) in [6, 6.07) is 11.1. The molecule has 0 aliphatic heterocycles. The van der Waals surface area contributed by atoms with E-state index in [0.717, 1.165) is 11.3 Å². The van der Waals surface area contributed by atoms with Gasteiger partial charge in [-0.05, 0) is 35.9 Å². The number of amides is 1. The summed E-state index contributed by atoms with van der Waals surface area (Å²) in [5, 5.41) is 4.05. The molecular weight excluding hydrogens is 306 g/mol. The normalized spacial score (nSPS) is 10.8. The quantitative estimate of drug-likeness (QED) is 0.525. The molecule has 8 nitrogen and oxygen atoms in total. The summed E-state index contributed by atoms with van der Waals surface area (Å²) in [5.41, 5.74) is 7.87. The van der Waals surface area contributed by atoms with E-state index in [1.807, 2.05) is 30.3 Å². The molecule has 0 aliphatic carbocycles. The highest BCUT2D eigenvalue weighted by Gasteiger charge is 1.99. The first-order valence-corrected chi connectivity index (χ1v) is 7.22. The van der Waals surface area contributed by atoms with Crippen LogP contribution in [-0.2, 0) is 11.3 Å². The molecule has 2 aromatic heterocycles. The fourth-order valence-corrected chi connectivity index (χ4v) is 1.96. The number of nitrogens with one attached hydrogen (secondary N) is 2. The molecule has 0 saturated carbocycles. The maximum atomic E-state index is 11.8. The van der Waals surface area contributed by atoms with Crippen molar-refractivity contribution in [3.63, 3.8) is 0 Å². The van der Waals surface area contributed by atoms with Gasteiger partial charge in [-0.15, -0.1) is 0 Å². The van der Waals surface area contributed by atoms with Gasteiger partial charge in [0.1, 0.15) is 12.7 Å². The molecule has 120 valence electrons. The predicted octanol–water partition coefficient (Wildman–Crippen LogP) is 1.19. The minimum atomic E-state index is -0.338. The number of aliphatic imine (C=N–C) groups is 1. The summed E-state index contributed by atoms with van der Waals surface area (Å²) in [4.78, 5) is 23.7. The number of pyridine rings is 1. The summed E-state index contributed by atoms with van der Waals surface area (Å²) >= 11 is 0. The molecule has 0 saturated heterocycles. The molecule has 1 amide bonds. The van der Waals surface area contributed by atoms with E-state index in [0.29, 0.717) is 12.2 Å². The van der Waals surface area contributed by atoms with Crippen molar-refractivity contribution < 1.29 is 4.79 Å². The van der Waals surface area contributed by atoms with Crippen molar-refractivity contribution in [2.24, 2.45) is 4.99 Å². The number of hydrogen-bond donors (Lipinski definition) is 2. The molecule has 3 aromatic rings. The summed E-state index contributed by atoms with van der Waals surface area (Å²) in [7, 11) is 0. The Morgan fingerprint density at radius 2 is 2.08 bits per heavy atom. The molecule has 2 heterocycles. The summed E-state index contributed by atoms with van der Waals surface area (Å²) in [6.07, 6.45) is 7.67. The van der Waals surface area contributed by atoms with Crippen molar-refractivity contribution in [3.8, 4) is 5.69 Å². The first kappa shape index (κ1) is 15.5. The molecule has 0 spiro atoms. The standard InChI is InChI=1S/C16H15N7O/c24-16(22-20-9-13-4-6-17-7-5-13)10-19-14-2-1-3-15(8-14)23-12-18-11-21-23/h1-8,10-12,20H,9H2,(H,22,24). The van der Waals surface area contributed by atoms with Crippen LogP contribution in [0.1, 0.15) is 5.56 Å². The Bertz CT molecular complexity index is 815. The molecule has 8 heteroatoms. The second-order valence-electron chi connectivity index (χ2n) is 4.82. The summed E-state index contributed by atoms with van der Waals surface area (Å²) in [6.45, 7) is 0.504. The van der Waals surface area contributed by atoms with E-state index in [-0.39, 0.29) is 5.91 Å². The minimum absolute atomic E-state index is 0.338. The van der Waals surface area contributed by atoms with Gasteiger partial charge in [-0.2, -0.15) is 5.10 Å². The second-order valence-corrected chi connectivity index (χ2v) is 4.82. The molecule has 1 aromatic carbocycles. The maximum absolute atomic E-state index is 11.8. The average Bonchev–Trinajstić information content (AvgIpc) is 3.16. The van der Waals surface area contributed by atoms with Gasteiger partial charge in [0.15, 0.2) is 0 Å². The smallest absolute Gasteiger partial charge is 0.276 e. The molecule has 0 fully saturated rings. The highest BCUT2D eigenvalue weighted by molar-refractivity contribution is 6.26. The van der Waals surface area contributed by atoms with Crippen molar-refractivity contribution >= 4 is 17.8 Å². The highest BCUT2D eigenvalue weighted by atomic mass is 16.2. The number of hydrogen-bond acceptors (Lipinski definition) is 6. The lowest BCUT2D eigenvalue weighted by Gasteiger charge is -2.04. The van der Waals surface area contributed by atoms with E-state index in [9.17, 15) is 4.79 Å². The number of benzene rings is 1. The third kappa shape index (κ3) is 4.31. The molecular formula is C16H15N7O. The second kappa shape index (κ2) is 7.75. The fourth-order valence-electron chi connectivity index (χ4n) is 1.96. The van der Waals surface area contributed by atoms with Gasteiger partial charge < -0.3 is 0 Å². The van der Waals surface area contributed by atoms with Crippen LogP contribution >= 0.6 is 0 Å². The molecule has 0 aliphatic rings. The van der Waals surface area contributed by atoms with Crippen LogP contribution in [0, 0.1) is 0 Å². The molecule has 0 radical (unpaired) electrons. The Labute approximate surface area is 138 Å². The molecule has 0 atom stereocenters. The van der Waals surface area contributed by atoms with Gasteiger partial charge in [-0.1, -0.05) is 6.07 Å². The molecule has 3 rings (SSSR count). The zero-order valence-electron chi connectivity index (χ0n) is 12.7. The molecule has 2 N–H and O–H groups in total. The largest absolute Gasteiger partial charge is 0.286 e. The van der Waals surface area contributed by atoms with E-state index in [2.05, 4.69) is 30.9 Å². The lowest BCUT2D eigenvalue weighted by Crippen LogP contribution is -2.37. The Kier molecular flexibility index (Phi) is 5.00. The first-order valence-electron chi connectivity index (χ1n) is 7.22. The number of rotatable bonds is 6. The third-order valence-corrected chi connectivity index (χ3v) is 3.10.